The van der Waals surface area contributed by atoms with Gasteiger partial charge in [0, 0.05) is 44.2 Å². The van der Waals surface area contributed by atoms with Crippen molar-refractivity contribution in [1.29, 1.82) is 0 Å². The highest BCUT2D eigenvalue weighted by molar-refractivity contribution is 5.92. The van der Waals surface area contributed by atoms with Crippen molar-refractivity contribution in [2.45, 2.75) is 50.4 Å². The van der Waals surface area contributed by atoms with E-state index in [2.05, 4.69) is 15.6 Å². The summed E-state index contributed by atoms with van der Waals surface area (Å²) in [5.74, 6) is -1.13. The first-order valence-electron chi connectivity index (χ1n) is 12.5. The maximum absolute atomic E-state index is 12.9. The van der Waals surface area contributed by atoms with E-state index in [0.717, 1.165) is 42.3 Å². The van der Waals surface area contributed by atoms with Crippen molar-refractivity contribution in [3.05, 3.63) is 66.4 Å². The van der Waals surface area contributed by atoms with E-state index in [4.69, 9.17) is 19.6 Å². The normalized spacial score (nSPS) is 17.8. The number of ether oxygens (including phenoxy) is 1. The third-order valence-corrected chi connectivity index (χ3v) is 7.38. The maximum atomic E-state index is 12.9. The summed E-state index contributed by atoms with van der Waals surface area (Å²) in [7, 11) is 0. The number of pyridine rings is 1. The first kappa shape index (κ1) is 25.7. The highest BCUT2D eigenvalue weighted by atomic mass is 19.4. The van der Waals surface area contributed by atoms with Gasteiger partial charge in [-0.3, -0.25) is 9.78 Å². The lowest BCUT2D eigenvalue weighted by Gasteiger charge is -2.45. The largest absolute Gasteiger partial charge is 0.490 e. The van der Waals surface area contributed by atoms with Gasteiger partial charge in [0.05, 0.1) is 17.7 Å². The van der Waals surface area contributed by atoms with Gasteiger partial charge in [0.1, 0.15) is 11.4 Å². The number of carboxylic acids is 1. The molecule has 200 valence electrons. The molecule has 0 unspecified atom stereocenters. The Hall–Kier alpha value is -3.89. The molecule has 1 amide bonds. The molecule has 2 aromatic heterocycles. The van der Waals surface area contributed by atoms with Gasteiger partial charge in [-0.25, -0.2) is 9.78 Å². The lowest BCUT2D eigenvalue weighted by atomic mass is 9.82. The first-order chi connectivity index (χ1) is 18.2. The maximum Gasteiger partial charge on any atom is 0.490 e. The second-order valence-electron chi connectivity index (χ2n) is 9.79. The molecule has 11 heteroatoms. The minimum Gasteiger partial charge on any atom is -0.480 e. The number of piperidine rings is 1. The number of alkyl halides is 3. The second kappa shape index (κ2) is 10.1. The van der Waals surface area contributed by atoms with E-state index in [1.165, 1.54) is 25.0 Å². The van der Waals surface area contributed by atoms with E-state index >= 15 is 0 Å². The number of benzene rings is 1. The van der Waals surface area contributed by atoms with Crippen LogP contribution in [0, 0.1) is 5.92 Å². The number of hydrogen-bond donors (Lipinski definition) is 1. The standard InChI is InChI=1S/C25H26N4O2.C2HF3O2/c30-24(20-9-3-4-13-26-20)28-14-11-25(12-15-28)23-22(19-8-1-2-10-21(19)31-25)27-17-29(23)16-18-6-5-7-18;3-2(4,5)1(6)7/h1-4,8-10,13,17-18H,5-7,11-12,14-16H2;(H,6,7). The quantitative estimate of drug-likeness (QED) is 0.519. The number of carboxylic acid groups (broad SMARTS) is 1. The minimum atomic E-state index is -5.08. The number of para-hydroxylation sites is 1. The number of imidazole rings is 1. The van der Waals surface area contributed by atoms with E-state index in [9.17, 15) is 18.0 Å². The topological polar surface area (TPSA) is 97.5 Å². The number of fused-ring (bicyclic) bond motifs is 4. The lowest BCUT2D eigenvalue weighted by molar-refractivity contribution is -0.192. The number of carbonyl (C=O) groups is 2. The molecule has 1 saturated carbocycles. The van der Waals surface area contributed by atoms with Gasteiger partial charge in [-0.1, -0.05) is 24.6 Å². The molecule has 8 nitrogen and oxygen atoms in total. The fourth-order valence-corrected chi connectivity index (χ4v) is 5.22. The van der Waals surface area contributed by atoms with Gasteiger partial charge in [-0.2, -0.15) is 13.2 Å². The Labute approximate surface area is 217 Å². The zero-order chi connectivity index (χ0) is 26.9. The summed E-state index contributed by atoms with van der Waals surface area (Å²) in [6.45, 7) is 2.30. The van der Waals surface area contributed by atoms with Crippen molar-refractivity contribution >= 4 is 11.9 Å². The van der Waals surface area contributed by atoms with Crippen LogP contribution in [0.4, 0.5) is 13.2 Å². The second-order valence-corrected chi connectivity index (χ2v) is 9.79. The van der Waals surface area contributed by atoms with Gasteiger partial charge in [-0.05, 0) is 43.0 Å². The van der Waals surface area contributed by atoms with Crippen LogP contribution in [-0.2, 0) is 16.9 Å². The molecule has 38 heavy (non-hydrogen) atoms. The number of likely N-dealkylation sites (tertiary alicyclic amines) is 1. The molecular weight excluding hydrogens is 501 g/mol. The van der Waals surface area contributed by atoms with Crippen molar-refractivity contribution < 1.29 is 32.6 Å². The van der Waals surface area contributed by atoms with Gasteiger partial charge < -0.3 is 19.3 Å². The molecule has 0 bridgehead atoms. The van der Waals surface area contributed by atoms with Crippen molar-refractivity contribution in [3.63, 3.8) is 0 Å². The third-order valence-electron chi connectivity index (χ3n) is 7.38. The van der Waals surface area contributed by atoms with Gasteiger partial charge in [0.15, 0.2) is 5.60 Å². The number of hydrogen-bond acceptors (Lipinski definition) is 5. The van der Waals surface area contributed by atoms with Gasteiger partial charge in [0.25, 0.3) is 5.91 Å². The Morgan fingerprint density at radius 1 is 1.05 bits per heavy atom. The Morgan fingerprint density at radius 3 is 2.34 bits per heavy atom. The molecule has 0 radical (unpaired) electrons. The Balaban J connectivity index is 0.000000374. The number of rotatable bonds is 3. The van der Waals surface area contributed by atoms with Crippen molar-refractivity contribution in [1.82, 2.24) is 19.4 Å². The van der Waals surface area contributed by atoms with E-state index in [-0.39, 0.29) is 5.91 Å². The first-order valence-corrected chi connectivity index (χ1v) is 12.5. The molecule has 3 aromatic rings. The van der Waals surface area contributed by atoms with Crippen LogP contribution in [-0.4, -0.2) is 55.7 Å². The molecule has 0 atom stereocenters. The van der Waals surface area contributed by atoms with E-state index in [0.29, 0.717) is 18.8 Å². The summed E-state index contributed by atoms with van der Waals surface area (Å²) >= 11 is 0. The molecule has 3 aliphatic rings. The molecule has 1 aliphatic carbocycles. The molecule has 2 aliphatic heterocycles. The van der Waals surface area contributed by atoms with Crippen LogP contribution >= 0.6 is 0 Å². The van der Waals surface area contributed by atoms with Crippen LogP contribution in [0.3, 0.4) is 0 Å². The Bertz CT molecular complexity index is 1310. The highest BCUT2D eigenvalue weighted by Gasteiger charge is 2.47. The van der Waals surface area contributed by atoms with E-state index in [1.807, 2.05) is 41.6 Å². The molecule has 1 spiro atoms. The van der Waals surface area contributed by atoms with E-state index in [1.54, 1.807) is 12.3 Å². The van der Waals surface area contributed by atoms with Gasteiger partial charge >= 0.3 is 12.1 Å². The number of nitrogens with zero attached hydrogens (tertiary/aromatic N) is 4. The van der Waals surface area contributed by atoms with Crippen molar-refractivity contribution in [3.8, 4) is 17.0 Å². The SMILES string of the molecule is O=C(O)C(F)(F)F.O=C(c1ccccn1)N1CCC2(CC1)Oc1ccccc1-c1ncn(CC3CCC3)c12. The number of aromatic nitrogens is 3. The predicted molar refractivity (Wildman–Crippen MR) is 130 cm³/mol. The highest BCUT2D eigenvalue weighted by Crippen LogP contribution is 2.49. The molecule has 4 heterocycles. The van der Waals surface area contributed by atoms with Gasteiger partial charge in [0.2, 0.25) is 0 Å². The average molecular weight is 529 g/mol. The summed E-state index contributed by atoms with van der Waals surface area (Å²) < 4.78 is 40.8. The fraction of sp³-hybridized carbons (Fsp3) is 0.407. The average Bonchev–Trinajstić information content (AvgIpc) is 3.32. The molecule has 1 N–H and O–H groups in total. The lowest BCUT2D eigenvalue weighted by Crippen LogP contribution is -2.50. The van der Waals surface area contributed by atoms with Crippen LogP contribution in [0.2, 0.25) is 0 Å². The molecule has 1 saturated heterocycles. The monoisotopic (exact) mass is 528 g/mol. The molecular formula is C27H27F3N4O4. The summed E-state index contributed by atoms with van der Waals surface area (Å²) in [4.78, 5) is 32.8. The van der Waals surface area contributed by atoms with Gasteiger partial charge in [-0.15, -0.1) is 0 Å². The summed E-state index contributed by atoms with van der Waals surface area (Å²) in [6.07, 6.45) is 4.02. The zero-order valence-electron chi connectivity index (χ0n) is 20.5. The Morgan fingerprint density at radius 2 is 1.74 bits per heavy atom. The van der Waals surface area contributed by atoms with E-state index < -0.39 is 17.7 Å². The summed E-state index contributed by atoms with van der Waals surface area (Å²) in [5, 5.41) is 7.12. The summed E-state index contributed by atoms with van der Waals surface area (Å²) in [5.41, 5.74) is 3.38. The number of aliphatic carboxylic acids is 1. The van der Waals surface area contributed by atoms with Crippen LogP contribution in [0.15, 0.2) is 55.0 Å². The molecule has 6 rings (SSSR count). The number of halogens is 3. The zero-order valence-corrected chi connectivity index (χ0v) is 20.5. The smallest absolute Gasteiger partial charge is 0.480 e. The number of carbonyl (C=O) groups excluding carboxylic acids is 1. The third kappa shape index (κ3) is 4.97. The van der Waals surface area contributed by atoms with Crippen molar-refractivity contribution in [2.75, 3.05) is 13.1 Å². The van der Waals surface area contributed by atoms with Crippen LogP contribution < -0.4 is 4.74 Å². The number of amides is 1. The Kier molecular flexibility index (Phi) is 6.85. The molecule has 2 fully saturated rings. The minimum absolute atomic E-state index is 0.00476. The van der Waals surface area contributed by atoms with Crippen LogP contribution in [0.25, 0.3) is 11.3 Å². The van der Waals surface area contributed by atoms with Crippen LogP contribution in [0.5, 0.6) is 5.75 Å². The predicted octanol–water partition coefficient (Wildman–Crippen LogP) is 4.90. The van der Waals surface area contributed by atoms with Crippen LogP contribution in [0.1, 0.15) is 48.3 Å². The summed E-state index contributed by atoms with van der Waals surface area (Å²) in [6, 6.07) is 13.7. The molecule has 1 aromatic carbocycles. The fourth-order valence-electron chi connectivity index (χ4n) is 5.22. The van der Waals surface area contributed by atoms with Crippen molar-refractivity contribution in [2.24, 2.45) is 5.92 Å².